The Morgan fingerprint density at radius 2 is 2.21 bits per heavy atom. The van der Waals surface area contributed by atoms with Gasteiger partial charge in [-0.1, -0.05) is 6.92 Å². The van der Waals surface area contributed by atoms with Gasteiger partial charge in [0.05, 0.1) is 11.1 Å². The molecule has 0 saturated carbocycles. The number of nitrogens with zero attached hydrogens (tertiary/aromatic N) is 2. The van der Waals surface area contributed by atoms with Crippen LogP contribution in [0.1, 0.15) is 23.7 Å². The summed E-state index contributed by atoms with van der Waals surface area (Å²) in [6.07, 6.45) is 2.12. The van der Waals surface area contributed by atoms with Gasteiger partial charge in [0.1, 0.15) is 11.4 Å². The van der Waals surface area contributed by atoms with E-state index in [1.54, 1.807) is 30.0 Å². The molecule has 0 aliphatic rings. The van der Waals surface area contributed by atoms with E-state index in [0.29, 0.717) is 11.9 Å². The first kappa shape index (κ1) is 13.8. The van der Waals surface area contributed by atoms with Gasteiger partial charge in [-0.3, -0.25) is 0 Å². The number of benzene rings is 1. The molecule has 2 aromatic rings. The molecule has 1 aromatic carbocycles. The predicted molar refractivity (Wildman–Crippen MR) is 73.5 cm³/mol. The average Bonchev–Trinajstić information content (AvgIpc) is 2.38. The van der Waals surface area contributed by atoms with Crippen molar-refractivity contribution in [1.29, 1.82) is 0 Å². The number of hydrogen-bond donors (Lipinski definition) is 2. The number of thioether (sulfide) groups is 1. The minimum absolute atomic E-state index is 0.139. The van der Waals surface area contributed by atoms with Gasteiger partial charge in [0.25, 0.3) is 0 Å². The van der Waals surface area contributed by atoms with Gasteiger partial charge in [-0.25, -0.2) is 14.8 Å². The van der Waals surface area contributed by atoms with E-state index in [2.05, 4.69) is 9.97 Å². The van der Waals surface area contributed by atoms with Gasteiger partial charge in [0.15, 0.2) is 0 Å². The van der Waals surface area contributed by atoms with Crippen LogP contribution in [0.5, 0.6) is 0 Å². The van der Waals surface area contributed by atoms with Crippen LogP contribution in [0.2, 0.25) is 0 Å². The number of rotatable bonds is 5. The molecule has 0 amide bonds. The summed E-state index contributed by atoms with van der Waals surface area (Å²) in [5.41, 5.74) is 0.833. The molecular formula is C13H14N2O3S. The normalized spacial score (nSPS) is 12.5. The number of carboxylic acids is 1. The van der Waals surface area contributed by atoms with Crippen molar-refractivity contribution < 1.29 is 15.0 Å². The Morgan fingerprint density at radius 3 is 2.89 bits per heavy atom. The first-order valence-corrected chi connectivity index (χ1v) is 6.75. The molecule has 0 bridgehead atoms. The fourth-order valence-electron chi connectivity index (χ4n) is 1.69. The smallest absolute Gasteiger partial charge is 0.335 e. The van der Waals surface area contributed by atoms with Crippen molar-refractivity contribution in [3.05, 3.63) is 30.1 Å². The lowest BCUT2D eigenvalue weighted by molar-refractivity contribution is 0.0697. The van der Waals surface area contributed by atoms with Crippen molar-refractivity contribution in [1.82, 2.24) is 9.97 Å². The molecule has 2 N–H and O–H groups in total. The molecule has 1 unspecified atom stereocenters. The Bertz CT molecular complexity index is 603. The van der Waals surface area contributed by atoms with E-state index < -0.39 is 5.97 Å². The zero-order chi connectivity index (χ0) is 13.8. The topological polar surface area (TPSA) is 83.3 Å². The third kappa shape index (κ3) is 3.21. The summed E-state index contributed by atoms with van der Waals surface area (Å²) in [4.78, 5) is 19.2. The summed E-state index contributed by atoms with van der Waals surface area (Å²) in [5.74, 6) is -0.969. The Balaban J connectivity index is 2.37. The van der Waals surface area contributed by atoms with Gasteiger partial charge < -0.3 is 10.2 Å². The van der Waals surface area contributed by atoms with E-state index in [0.717, 1.165) is 10.4 Å². The summed E-state index contributed by atoms with van der Waals surface area (Å²) >= 11 is 1.55. The lowest BCUT2D eigenvalue weighted by atomic mass is 10.1. The van der Waals surface area contributed by atoms with Gasteiger partial charge >= 0.3 is 5.97 Å². The number of aliphatic hydroxyl groups excluding tert-OH is 1. The summed E-state index contributed by atoms with van der Waals surface area (Å²) in [6.45, 7) is 2.15. The van der Waals surface area contributed by atoms with Gasteiger partial charge in [0, 0.05) is 17.2 Å². The molecule has 0 aliphatic carbocycles. The van der Waals surface area contributed by atoms with Gasteiger partial charge in [-0.15, -0.1) is 11.8 Å². The molecule has 6 heteroatoms. The lowest BCUT2D eigenvalue weighted by Crippen LogP contribution is -2.01. The number of aliphatic hydroxyl groups is 1. The maximum Gasteiger partial charge on any atom is 0.335 e. The summed E-state index contributed by atoms with van der Waals surface area (Å²) < 4.78 is 0. The van der Waals surface area contributed by atoms with Crippen molar-refractivity contribution in [2.24, 2.45) is 0 Å². The molecule has 19 heavy (non-hydrogen) atoms. The van der Waals surface area contributed by atoms with Crippen LogP contribution in [0.25, 0.3) is 10.9 Å². The fourth-order valence-corrected chi connectivity index (χ4v) is 2.70. The number of carbonyl (C=O) groups is 1. The quantitative estimate of drug-likeness (QED) is 0.644. The molecule has 0 saturated heterocycles. The van der Waals surface area contributed by atoms with Crippen molar-refractivity contribution in [3.8, 4) is 0 Å². The molecular weight excluding hydrogens is 264 g/mol. The predicted octanol–water partition coefficient (Wildman–Crippen LogP) is 2.19. The standard InChI is InChI=1S/C13H14N2O3S/c1-8(4-5-16)19-12-10-3-2-9(13(17)18)6-11(10)14-7-15-12/h2-3,6-8,16H,4-5H2,1H3,(H,17,18). The van der Waals surface area contributed by atoms with Crippen LogP contribution in [0, 0.1) is 0 Å². The minimum atomic E-state index is -0.969. The molecule has 0 aliphatic heterocycles. The lowest BCUT2D eigenvalue weighted by Gasteiger charge is -2.10. The number of aromatic carboxylic acids is 1. The molecule has 1 heterocycles. The van der Waals surface area contributed by atoms with Gasteiger partial charge in [-0.2, -0.15) is 0 Å². The number of carboxylic acid groups (broad SMARTS) is 1. The van der Waals surface area contributed by atoms with Crippen LogP contribution >= 0.6 is 11.8 Å². The molecule has 100 valence electrons. The van der Waals surface area contributed by atoms with Crippen LogP contribution in [0.3, 0.4) is 0 Å². The van der Waals surface area contributed by atoms with E-state index in [1.807, 2.05) is 6.92 Å². The minimum Gasteiger partial charge on any atom is -0.478 e. The van der Waals surface area contributed by atoms with E-state index >= 15 is 0 Å². The van der Waals surface area contributed by atoms with Crippen molar-refractivity contribution in [3.63, 3.8) is 0 Å². The third-order valence-corrected chi connectivity index (χ3v) is 3.88. The van der Waals surface area contributed by atoms with E-state index in [4.69, 9.17) is 10.2 Å². The molecule has 1 aromatic heterocycles. The maximum absolute atomic E-state index is 10.9. The first-order valence-electron chi connectivity index (χ1n) is 5.87. The van der Waals surface area contributed by atoms with Crippen LogP contribution in [-0.2, 0) is 0 Å². The molecule has 5 nitrogen and oxygen atoms in total. The second kappa shape index (κ2) is 5.99. The monoisotopic (exact) mass is 278 g/mol. The Labute approximate surface area is 114 Å². The van der Waals surface area contributed by atoms with Crippen LogP contribution < -0.4 is 0 Å². The highest BCUT2D eigenvalue weighted by atomic mass is 32.2. The molecule has 2 rings (SSSR count). The Morgan fingerprint density at radius 1 is 1.42 bits per heavy atom. The van der Waals surface area contributed by atoms with Crippen LogP contribution in [0.4, 0.5) is 0 Å². The Hall–Kier alpha value is -1.66. The highest BCUT2D eigenvalue weighted by Gasteiger charge is 2.11. The molecule has 0 radical (unpaired) electrons. The largest absolute Gasteiger partial charge is 0.478 e. The average molecular weight is 278 g/mol. The van der Waals surface area contributed by atoms with Crippen molar-refractivity contribution >= 4 is 28.6 Å². The fraction of sp³-hybridized carbons (Fsp3) is 0.308. The number of aromatic nitrogens is 2. The van der Waals surface area contributed by atoms with Crippen molar-refractivity contribution in [2.75, 3.05) is 6.61 Å². The highest BCUT2D eigenvalue weighted by Crippen LogP contribution is 2.29. The zero-order valence-electron chi connectivity index (χ0n) is 10.4. The zero-order valence-corrected chi connectivity index (χ0v) is 11.2. The van der Waals surface area contributed by atoms with Crippen LogP contribution in [-0.4, -0.2) is 38.0 Å². The van der Waals surface area contributed by atoms with E-state index in [1.165, 1.54) is 6.33 Å². The van der Waals surface area contributed by atoms with Crippen molar-refractivity contribution in [2.45, 2.75) is 23.6 Å². The van der Waals surface area contributed by atoms with E-state index in [9.17, 15) is 4.79 Å². The molecule has 0 fully saturated rings. The van der Waals surface area contributed by atoms with E-state index in [-0.39, 0.29) is 17.4 Å². The molecule has 0 spiro atoms. The van der Waals surface area contributed by atoms with Crippen LogP contribution in [0.15, 0.2) is 29.6 Å². The second-order valence-electron chi connectivity index (χ2n) is 4.16. The SMILES string of the molecule is CC(CCO)Sc1ncnc2cc(C(=O)O)ccc12. The maximum atomic E-state index is 10.9. The summed E-state index contributed by atoms with van der Waals surface area (Å²) in [5, 5.41) is 19.7. The summed E-state index contributed by atoms with van der Waals surface area (Å²) in [7, 11) is 0. The summed E-state index contributed by atoms with van der Waals surface area (Å²) in [6, 6.07) is 4.82. The van der Waals surface area contributed by atoms with Gasteiger partial charge in [-0.05, 0) is 24.6 Å². The Kier molecular flexibility index (Phi) is 4.34. The third-order valence-electron chi connectivity index (χ3n) is 2.70. The second-order valence-corrected chi connectivity index (χ2v) is 5.58. The van der Waals surface area contributed by atoms with Gasteiger partial charge in [0.2, 0.25) is 0 Å². The first-order chi connectivity index (χ1) is 9.11. The number of hydrogen-bond acceptors (Lipinski definition) is 5. The highest BCUT2D eigenvalue weighted by molar-refractivity contribution is 8.00. The molecule has 1 atom stereocenters. The number of fused-ring (bicyclic) bond motifs is 1.